The molecule has 0 heterocycles. The lowest BCUT2D eigenvalue weighted by atomic mass is 10.1. The fourth-order valence-corrected chi connectivity index (χ4v) is 1.18. The first-order valence-electron chi connectivity index (χ1n) is 4.64. The molecule has 0 amide bonds. The van der Waals surface area contributed by atoms with Crippen LogP contribution < -0.4 is 0 Å². The van der Waals surface area contributed by atoms with Crippen molar-refractivity contribution < 1.29 is 10.2 Å². The fourth-order valence-electron chi connectivity index (χ4n) is 1.18. The van der Waals surface area contributed by atoms with Crippen molar-refractivity contribution in [1.82, 2.24) is 0 Å². The molecule has 74 valence electrons. The Labute approximate surface area is 84.2 Å². The van der Waals surface area contributed by atoms with E-state index in [1.807, 2.05) is 30.3 Å². The zero-order valence-corrected chi connectivity index (χ0v) is 7.98. The van der Waals surface area contributed by atoms with Crippen molar-refractivity contribution in [2.75, 3.05) is 6.61 Å². The second-order valence-electron chi connectivity index (χ2n) is 3.02. The predicted octanol–water partition coefficient (Wildman–Crippen LogP) is 0.976. The topological polar surface area (TPSA) is 40.5 Å². The van der Waals surface area contributed by atoms with E-state index in [0.29, 0.717) is 6.42 Å². The van der Waals surface area contributed by atoms with Gasteiger partial charge in [-0.2, -0.15) is 0 Å². The summed E-state index contributed by atoms with van der Waals surface area (Å²) < 4.78 is 0. The second kappa shape index (κ2) is 6.20. The Kier molecular flexibility index (Phi) is 4.77. The molecule has 1 aromatic carbocycles. The smallest absolute Gasteiger partial charge is 0.115 e. The number of aryl methyl sites for hydroxylation is 1. The molecule has 2 N–H and O–H groups in total. The Morgan fingerprint density at radius 2 is 1.93 bits per heavy atom. The molecule has 0 unspecified atom stereocenters. The first kappa shape index (κ1) is 10.8. The normalized spacial score (nSPS) is 11.6. The van der Waals surface area contributed by atoms with Crippen LogP contribution in [0.25, 0.3) is 0 Å². The molecular weight excluding hydrogens is 176 g/mol. The zero-order chi connectivity index (χ0) is 10.2. The van der Waals surface area contributed by atoms with Gasteiger partial charge in [0.25, 0.3) is 0 Å². The van der Waals surface area contributed by atoms with Crippen LogP contribution in [0.2, 0.25) is 0 Å². The number of hydrogen-bond acceptors (Lipinski definition) is 2. The molecule has 0 aromatic heterocycles. The highest BCUT2D eigenvalue weighted by Gasteiger charge is 1.99. The molecule has 1 aromatic rings. The molecule has 0 aliphatic rings. The van der Waals surface area contributed by atoms with Gasteiger partial charge in [-0.25, -0.2) is 0 Å². The van der Waals surface area contributed by atoms with Crippen LogP contribution in [0.5, 0.6) is 0 Å². The van der Waals surface area contributed by atoms with Crippen molar-refractivity contribution >= 4 is 0 Å². The Morgan fingerprint density at radius 1 is 1.21 bits per heavy atom. The predicted molar refractivity (Wildman–Crippen MR) is 55.6 cm³/mol. The van der Waals surface area contributed by atoms with Crippen LogP contribution >= 0.6 is 0 Å². The van der Waals surface area contributed by atoms with E-state index in [1.54, 1.807) is 0 Å². The summed E-state index contributed by atoms with van der Waals surface area (Å²) in [5.74, 6) is 5.00. The molecule has 0 fully saturated rings. The number of aliphatic hydroxyl groups is 2. The summed E-state index contributed by atoms with van der Waals surface area (Å²) in [5, 5.41) is 17.8. The van der Waals surface area contributed by atoms with E-state index in [4.69, 9.17) is 5.11 Å². The van der Waals surface area contributed by atoms with Crippen LogP contribution in [0.3, 0.4) is 0 Å². The van der Waals surface area contributed by atoms with Crippen molar-refractivity contribution in [3.63, 3.8) is 0 Å². The first-order valence-corrected chi connectivity index (χ1v) is 4.64. The Bertz CT molecular complexity index is 308. The van der Waals surface area contributed by atoms with Crippen molar-refractivity contribution in [2.24, 2.45) is 0 Å². The molecule has 0 spiro atoms. The van der Waals surface area contributed by atoms with Gasteiger partial charge in [0.2, 0.25) is 0 Å². The summed E-state index contributed by atoms with van der Waals surface area (Å²) >= 11 is 0. The molecule has 0 saturated heterocycles. The van der Waals surface area contributed by atoms with Crippen LogP contribution in [-0.2, 0) is 6.42 Å². The highest BCUT2D eigenvalue weighted by atomic mass is 16.3. The van der Waals surface area contributed by atoms with Gasteiger partial charge >= 0.3 is 0 Å². The van der Waals surface area contributed by atoms with E-state index >= 15 is 0 Å². The number of aliphatic hydroxyl groups excluding tert-OH is 2. The minimum Gasteiger partial charge on any atom is -0.384 e. The Hall–Kier alpha value is -1.30. The molecule has 2 heteroatoms. The molecule has 0 saturated carbocycles. The van der Waals surface area contributed by atoms with Gasteiger partial charge < -0.3 is 10.2 Å². The lowest BCUT2D eigenvalue weighted by Crippen LogP contribution is -2.04. The monoisotopic (exact) mass is 190 g/mol. The number of benzene rings is 1. The third kappa shape index (κ3) is 4.08. The van der Waals surface area contributed by atoms with Gasteiger partial charge in [0, 0.05) is 0 Å². The van der Waals surface area contributed by atoms with Gasteiger partial charge in [0.15, 0.2) is 0 Å². The highest BCUT2D eigenvalue weighted by Crippen LogP contribution is 2.04. The third-order valence-corrected chi connectivity index (χ3v) is 1.90. The van der Waals surface area contributed by atoms with Crippen molar-refractivity contribution in [3.8, 4) is 11.8 Å². The minimum absolute atomic E-state index is 0.192. The Morgan fingerprint density at radius 3 is 2.57 bits per heavy atom. The van der Waals surface area contributed by atoms with Crippen LogP contribution in [0, 0.1) is 11.8 Å². The standard InChI is InChI=1S/C12H14O2/c13-10-4-7-12(14)9-8-11-5-2-1-3-6-11/h1-3,5-6,12-14H,8-10H2/t12-/m1/s1. The fraction of sp³-hybridized carbons (Fsp3) is 0.333. The zero-order valence-electron chi connectivity index (χ0n) is 7.98. The molecule has 0 aliphatic carbocycles. The minimum atomic E-state index is -0.637. The average Bonchev–Trinajstić information content (AvgIpc) is 2.25. The summed E-state index contributed by atoms with van der Waals surface area (Å²) in [5.41, 5.74) is 1.19. The van der Waals surface area contributed by atoms with Crippen molar-refractivity contribution in [3.05, 3.63) is 35.9 Å². The average molecular weight is 190 g/mol. The van der Waals surface area contributed by atoms with Gasteiger partial charge in [-0.1, -0.05) is 42.2 Å². The van der Waals surface area contributed by atoms with Crippen LogP contribution in [0.15, 0.2) is 30.3 Å². The Balaban J connectivity index is 2.34. The molecule has 0 aliphatic heterocycles. The largest absolute Gasteiger partial charge is 0.384 e. The lowest BCUT2D eigenvalue weighted by Gasteiger charge is -2.02. The molecule has 0 radical (unpaired) electrons. The summed E-state index contributed by atoms with van der Waals surface area (Å²) in [6, 6.07) is 9.95. The van der Waals surface area contributed by atoms with Gasteiger partial charge in [-0.05, 0) is 18.4 Å². The SMILES string of the molecule is OCC#C[C@@H](O)CCc1ccccc1. The maximum atomic E-state index is 9.36. The molecule has 14 heavy (non-hydrogen) atoms. The molecular formula is C12H14O2. The van der Waals surface area contributed by atoms with Crippen LogP contribution in [-0.4, -0.2) is 22.9 Å². The summed E-state index contributed by atoms with van der Waals surface area (Å²) in [6.07, 6.45) is 0.779. The maximum Gasteiger partial charge on any atom is 0.115 e. The maximum absolute atomic E-state index is 9.36. The molecule has 1 atom stereocenters. The van der Waals surface area contributed by atoms with E-state index in [2.05, 4.69) is 11.8 Å². The highest BCUT2D eigenvalue weighted by molar-refractivity contribution is 5.15. The van der Waals surface area contributed by atoms with E-state index in [1.165, 1.54) is 5.56 Å². The summed E-state index contributed by atoms with van der Waals surface area (Å²) in [7, 11) is 0. The van der Waals surface area contributed by atoms with E-state index < -0.39 is 6.10 Å². The molecule has 1 rings (SSSR count). The number of hydrogen-bond donors (Lipinski definition) is 2. The van der Waals surface area contributed by atoms with Gasteiger partial charge in [-0.15, -0.1) is 0 Å². The van der Waals surface area contributed by atoms with E-state index in [-0.39, 0.29) is 6.61 Å². The van der Waals surface area contributed by atoms with Gasteiger partial charge in [-0.3, -0.25) is 0 Å². The third-order valence-electron chi connectivity index (χ3n) is 1.90. The quantitative estimate of drug-likeness (QED) is 0.697. The van der Waals surface area contributed by atoms with Crippen molar-refractivity contribution in [1.29, 1.82) is 0 Å². The first-order chi connectivity index (χ1) is 6.83. The summed E-state index contributed by atoms with van der Waals surface area (Å²) in [4.78, 5) is 0. The van der Waals surface area contributed by atoms with Crippen LogP contribution in [0.4, 0.5) is 0 Å². The van der Waals surface area contributed by atoms with Crippen LogP contribution in [0.1, 0.15) is 12.0 Å². The van der Waals surface area contributed by atoms with Gasteiger partial charge in [0.05, 0.1) is 0 Å². The van der Waals surface area contributed by atoms with Gasteiger partial charge in [0.1, 0.15) is 12.7 Å². The molecule has 2 nitrogen and oxygen atoms in total. The number of rotatable bonds is 3. The van der Waals surface area contributed by atoms with Crippen molar-refractivity contribution in [2.45, 2.75) is 18.9 Å². The van der Waals surface area contributed by atoms with E-state index in [9.17, 15) is 5.11 Å². The molecule has 0 bridgehead atoms. The van der Waals surface area contributed by atoms with E-state index in [0.717, 1.165) is 6.42 Å². The lowest BCUT2D eigenvalue weighted by molar-refractivity contribution is 0.222. The second-order valence-corrected chi connectivity index (χ2v) is 3.02. The summed E-state index contributed by atoms with van der Waals surface area (Å²) in [6.45, 7) is -0.192.